The van der Waals surface area contributed by atoms with E-state index in [1.807, 2.05) is 18.2 Å². The van der Waals surface area contributed by atoms with Gasteiger partial charge in [0.05, 0.1) is 0 Å². The molecule has 0 radical (unpaired) electrons. The molecule has 1 unspecified atom stereocenters. The van der Waals surface area contributed by atoms with Gasteiger partial charge in [0.1, 0.15) is 5.75 Å². The maximum absolute atomic E-state index is 10.8. The molecule has 17 heavy (non-hydrogen) atoms. The number of ether oxygens (including phenoxy) is 1. The largest absolute Gasteiger partial charge is 0.427 e. The molecule has 0 aliphatic heterocycles. The zero-order valence-electron chi connectivity index (χ0n) is 10.5. The first-order chi connectivity index (χ1) is 7.54. The van der Waals surface area contributed by atoms with E-state index in [0.717, 1.165) is 12.0 Å². The minimum atomic E-state index is -0.311. The van der Waals surface area contributed by atoms with Gasteiger partial charge in [0.15, 0.2) is 0 Å². The maximum atomic E-state index is 10.8. The Morgan fingerprint density at radius 2 is 2.12 bits per heavy atom. The number of hydrogen-bond donors (Lipinski definition) is 1. The van der Waals surface area contributed by atoms with Crippen molar-refractivity contribution in [3.05, 3.63) is 29.8 Å². The van der Waals surface area contributed by atoms with E-state index in [4.69, 9.17) is 10.5 Å². The highest BCUT2D eigenvalue weighted by Gasteiger charge is 2.13. The summed E-state index contributed by atoms with van der Waals surface area (Å²) in [5.74, 6) is 0.658. The smallest absolute Gasteiger partial charge is 0.308 e. The summed E-state index contributed by atoms with van der Waals surface area (Å²) in [6, 6.07) is 7.40. The molecule has 3 nitrogen and oxygen atoms in total. The lowest BCUT2D eigenvalue weighted by atomic mass is 9.93. The van der Waals surface area contributed by atoms with Crippen LogP contribution in [-0.4, -0.2) is 5.97 Å². The van der Waals surface area contributed by atoms with Crippen molar-refractivity contribution in [2.75, 3.05) is 0 Å². The Labute approximate surface area is 109 Å². The molecule has 2 N–H and O–H groups in total. The van der Waals surface area contributed by atoms with E-state index in [9.17, 15) is 4.79 Å². The van der Waals surface area contributed by atoms with Gasteiger partial charge in [0.2, 0.25) is 0 Å². The average molecular weight is 258 g/mol. The lowest BCUT2D eigenvalue weighted by Gasteiger charge is -2.19. The highest BCUT2D eigenvalue weighted by atomic mass is 35.5. The molecule has 1 aromatic carbocycles. The van der Waals surface area contributed by atoms with E-state index >= 15 is 0 Å². The van der Waals surface area contributed by atoms with E-state index in [-0.39, 0.29) is 24.4 Å². The van der Waals surface area contributed by atoms with E-state index in [1.165, 1.54) is 6.92 Å². The molecule has 0 aliphatic rings. The molecule has 0 aliphatic carbocycles. The van der Waals surface area contributed by atoms with Crippen LogP contribution < -0.4 is 10.5 Å². The van der Waals surface area contributed by atoms with Crippen molar-refractivity contribution < 1.29 is 9.53 Å². The molecular weight excluding hydrogens is 238 g/mol. The van der Waals surface area contributed by atoms with Gasteiger partial charge in [-0.15, -0.1) is 12.4 Å². The standard InChI is InChI=1S/C13H19NO2.ClH/c1-4-9(2)13(14)11-6-5-7-12(8-11)16-10(3)15;/h5-9,13H,4,14H2,1-3H3;1H/t9?,13-;/m1./s1. The molecular formula is C13H20ClNO2. The SMILES string of the molecule is CCC(C)[C@@H](N)c1cccc(OC(C)=O)c1.Cl. The summed E-state index contributed by atoms with van der Waals surface area (Å²) in [5.41, 5.74) is 7.12. The highest BCUT2D eigenvalue weighted by molar-refractivity contribution is 5.85. The molecule has 0 heterocycles. The number of benzene rings is 1. The zero-order chi connectivity index (χ0) is 12.1. The summed E-state index contributed by atoms with van der Waals surface area (Å²) in [7, 11) is 0. The van der Waals surface area contributed by atoms with Crippen molar-refractivity contribution >= 4 is 18.4 Å². The van der Waals surface area contributed by atoms with Crippen LogP contribution in [-0.2, 0) is 4.79 Å². The van der Waals surface area contributed by atoms with Crippen molar-refractivity contribution in [2.24, 2.45) is 11.7 Å². The van der Waals surface area contributed by atoms with Crippen LogP contribution in [0.1, 0.15) is 38.8 Å². The second-order valence-electron chi connectivity index (χ2n) is 4.08. The van der Waals surface area contributed by atoms with Crippen LogP contribution in [0.4, 0.5) is 0 Å². The molecule has 1 rings (SSSR count). The molecule has 96 valence electrons. The van der Waals surface area contributed by atoms with Gasteiger partial charge in [-0.05, 0) is 23.6 Å². The molecule has 0 fully saturated rings. The highest BCUT2D eigenvalue weighted by Crippen LogP contribution is 2.24. The Morgan fingerprint density at radius 1 is 1.47 bits per heavy atom. The second kappa shape index (κ2) is 7.30. The molecule has 0 amide bonds. The quantitative estimate of drug-likeness (QED) is 0.666. The number of carbonyl (C=O) groups excluding carboxylic acids is 1. The van der Waals surface area contributed by atoms with Crippen molar-refractivity contribution in [3.8, 4) is 5.75 Å². The lowest BCUT2D eigenvalue weighted by molar-refractivity contribution is -0.131. The van der Waals surface area contributed by atoms with Gasteiger partial charge in [-0.25, -0.2) is 0 Å². The van der Waals surface area contributed by atoms with Gasteiger partial charge in [0, 0.05) is 13.0 Å². The number of rotatable bonds is 4. The fourth-order valence-electron chi connectivity index (χ4n) is 1.53. The molecule has 0 spiro atoms. The third-order valence-corrected chi connectivity index (χ3v) is 2.76. The number of nitrogens with two attached hydrogens (primary N) is 1. The fourth-order valence-corrected chi connectivity index (χ4v) is 1.53. The lowest BCUT2D eigenvalue weighted by Crippen LogP contribution is -2.18. The van der Waals surface area contributed by atoms with E-state index < -0.39 is 0 Å². The van der Waals surface area contributed by atoms with E-state index in [2.05, 4.69) is 13.8 Å². The number of hydrogen-bond acceptors (Lipinski definition) is 3. The monoisotopic (exact) mass is 257 g/mol. The van der Waals surface area contributed by atoms with Gasteiger partial charge in [-0.2, -0.15) is 0 Å². The molecule has 0 bridgehead atoms. The summed E-state index contributed by atoms with van der Waals surface area (Å²) in [5, 5.41) is 0. The van der Waals surface area contributed by atoms with Gasteiger partial charge in [-0.1, -0.05) is 32.4 Å². The molecule has 0 saturated heterocycles. The Bertz CT molecular complexity index is 368. The van der Waals surface area contributed by atoms with E-state index in [1.54, 1.807) is 6.07 Å². The van der Waals surface area contributed by atoms with Crippen LogP contribution in [0, 0.1) is 5.92 Å². The van der Waals surface area contributed by atoms with Crippen LogP contribution in [0.2, 0.25) is 0 Å². The van der Waals surface area contributed by atoms with Crippen LogP contribution >= 0.6 is 12.4 Å². The Kier molecular flexibility index (Phi) is 6.85. The minimum Gasteiger partial charge on any atom is -0.427 e. The molecule has 4 heteroatoms. The Morgan fingerprint density at radius 3 is 2.65 bits per heavy atom. The summed E-state index contributed by atoms with van der Waals surface area (Å²) in [6.45, 7) is 5.62. The average Bonchev–Trinajstić information content (AvgIpc) is 2.26. The van der Waals surface area contributed by atoms with Crippen LogP contribution in [0.15, 0.2) is 24.3 Å². The van der Waals surface area contributed by atoms with Crippen LogP contribution in [0.3, 0.4) is 0 Å². The van der Waals surface area contributed by atoms with Crippen LogP contribution in [0.5, 0.6) is 5.75 Å². The first kappa shape index (κ1) is 15.9. The predicted molar refractivity (Wildman–Crippen MR) is 71.4 cm³/mol. The van der Waals surface area contributed by atoms with Crippen LogP contribution in [0.25, 0.3) is 0 Å². The molecule has 0 aromatic heterocycles. The van der Waals surface area contributed by atoms with Gasteiger partial charge >= 0.3 is 5.97 Å². The van der Waals surface area contributed by atoms with Gasteiger partial charge in [0.25, 0.3) is 0 Å². The topological polar surface area (TPSA) is 52.3 Å². The van der Waals surface area contributed by atoms with Crippen molar-refractivity contribution in [3.63, 3.8) is 0 Å². The molecule has 0 saturated carbocycles. The summed E-state index contributed by atoms with van der Waals surface area (Å²) in [6.07, 6.45) is 1.03. The maximum Gasteiger partial charge on any atom is 0.308 e. The normalized spacial score (nSPS) is 13.4. The number of halogens is 1. The zero-order valence-corrected chi connectivity index (χ0v) is 11.3. The first-order valence-electron chi connectivity index (χ1n) is 5.58. The summed E-state index contributed by atoms with van der Waals surface area (Å²) >= 11 is 0. The Hall–Kier alpha value is -1.06. The number of esters is 1. The summed E-state index contributed by atoms with van der Waals surface area (Å²) < 4.78 is 5.02. The molecule has 1 aromatic rings. The molecule has 2 atom stereocenters. The first-order valence-corrected chi connectivity index (χ1v) is 5.58. The fraction of sp³-hybridized carbons (Fsp3) is 0.462. The van der Waals surface area contributed by atoms with Crippen molar-refractivity contribution in [1.82, 2.24) is 0 Å². The Balaban J connectivity index is 0.00000256. The van der Waals surface area contributed by atoms with Crippen molar-refractivity contribution in [2.45, 2.75) is 33.2 Å². The third-order valence-electron chi connectivity index (χ3n) is 2.76. The van der Waals surface area contributed by atoms with Crippen molar-refractivity contribution in [1.29, 1.82) is 0 Å². The second-order valence-corrected chi connectivity index (χ2v) is 4.08. The number of carbonyl (C=O) groups is 1. The van der Waals surface area contributed by atoms with E-state index in [0.29, 0.717) is 11.7 Å². The summed E-state index contributed by atoms with van der Waals surface area (Å²) in [4.78, 5) is 10.8. The minimum absolute atomic E-state index is 0. The predicted octanol–water partition coefficient (Wildman–Crippen LogP) is 3.08. The van der Waals surface area contributed by atoms with Gasteiger partial charge in [-0.3, -0.25) is 4.79 Å². The van der Waals surface area contributed by atoms with Gasteiger partial charge < -0.3 is 10.5 Å². The third kappa shape index (κ3) is 4.75.